The van der Waals surface area contributed by atoms with Crippen molar-refractivity contribution in [1.82, 2.24) is 9.80 Å². The zero-order valence-corrected chi connectivity index (χ0v) is 14.0. The molecule has 2 aliphatic heterocycles. The van der Waals surface area contributed by atoms with E-state index in [0.29, 0.717) is 5.92 Å². The Hall–Kier alpha value is -1.75. The summed E-state index contributed by atoms with van der Waals surface area (Å²) in [5.74, 6) is 0.639. The summed E-state index contributed by atoms with van der Waals surface area (Å²) in [5, 5.41) is 0. The molecule has 2 amide bonds. The molecular weight excluding hydrogens is 290 g/mol. The zero-order valence-electron chi connectivity index (χ0n) is 14.0. The summed E-state index contributed by atoms with van der Waals surface area (Å²) in [5.41, 5.74) is 2.90. The molecule has 3 aliphatic rings. The molecule has 3 fully saturated rings. The van der Waals surface area contributed by atoms with E-state index in [1.54, 1.807) is 4.90 Å². The number of carbonyl (C=O) groups excluding carboxylic acids is 1. The lowest BCUT2D eigenvalue weighted by atomic mass is 9.94. The number of rotatable bonds is 2. The van der Waals surface area contributed by atoms with Crippen LogP contribution in [-0.4, -0.2) is 69.3 Å². The molecule has 1 aliphatic carbocycles. The lowest BCUT2D eigenvalue weighted by Crippen LogP contribution is -2.40. The van der Waals surface area contributed by atoms with E-state index in [1.807, 2.05) is 19.0 Å². The fraction of sp³-hybridized carbons (Fsp3) is 0.611. The van der Waals surface area contributed by atoms with Crippen molar-refractivity contribution >= 4 is 11.7 Å². The van der Waals surface area contributed by atoms with Crippen molar-refractivity contribution in [1.29, 1.82) is 0 Å². The van der Waals surface area contributed by atoms with Gasteiger partial charge in [-0.1, -0.05) is 12.1 Å². The highest BCUT2D eigenvalue weighted by molar-refractivity contribution is 5.75. The SMILES string of the molecule is CN(C)C(=O)N1CC2CC2(c2ccc(N3CCOCC3)cc2)C1. The van der Waals surface area contributed by atoms with Gasteiger partial charge in [0.1, 0.15) is 0 Å². The average molecular weight is 315 g/mol. The highest BCUT2D eigenvalue weighted by Crippen LogP contribution is 2.59. The third kappa shape index (κ3) is 2.47. The first-order valence-electron chi connectivity index (χ1n) is 8.50. The van der Waals surface area contributed by atoms with E-state index in [9.17, 15) is 4.79 Å². The van der Waals surface area contributed by atoms with Gasteiger partial charge in [-0.05, 0) is 30.0 Å². The maximum Gasteiger partial charge on any atom is 0.319 e. The minimum atomic E-state index is 0.140. The normalized spacial score (nSPS) is 29.4. The van der Waals surface area contributed by atoms with Gasteiger partial charge in [-0.15, -0.1) is 0 Å². The molecule has 2 heterocycles. The molecule has 4 rings (SSSR count). The maximum atomic E-state index is 12.2. The van der Waals surface area contributed by atoms with Crippen molar-refractivity contribution in [3.63, 3.8) is 0 Å². The van der Waals surface area contributed by atoms with Gasteiger partial charge in [0.25, 0.3) is 0 Å². The molecule has 1 aromatic rings. The number of urea groups is 1. The summed E-state index contributed by atoms with van der Waals surface area (Å²) in [6, 6.07) is 9.16. The Balaban J connectivity index is 1.48. The van der Waals surface area contributed by atoms with Gasteiger partial charge >= 0.3 is 6.03 Å². The van der Waals surface area contributed by atoms with Gasteiger partial charge in [0.15, 0.2) is 0 Å². The number of nitrogens with zero attached hydrogens (tertiary/aromatic N) is 3. The van der Waals surface area contributed by atoms with Gasteiger partial charge < -0.3 is 19.4 Å². The molecule has 1 aromatic carbocycles. The van der Waals surface area contributed by atoms with Crippen molar-refractivity contribution in [3.05, 3.63) is 29.8 Å². The van der Waals surface area contributed by atoms with E-state index in [2.05, 4.69) is 29.2 Å². The van der Waals surface area contributed by atoms with Crippen LogP contribution in [0.15, 0.2) is 24.3 Å². The molecule has 23 heavy (non-hydrogen) atoms. The topological polar surface area (TPSA) is 36.0 Å². The summed E-state index contributed by atoms with van der Waals surface area (Å²) in [6.07, 6.45) is 1.22. The summed E-state index contributed by atoms with van der Waals surface area (Å²) in [7, 11) is 3.66. The second-order valence-corrected chi connectivity index (χ2v) is 7.26. The molecule has 124 valence electrons. The quantitative estimate of drug-likeness (QED) is 0.835. The van der Waals surface area contributed by atoms with Gasteiger partial charge in [0.05, 0.1) is 13.2 Å². The van der Waals surface area contributed by atoms with Crippen molar-refractivity contribution in [3.8, 4) is 0 Å². The Morgan fingerprint density at radius 2 is 1.91 bits per heavy atom. The first-order valence-corrected chi connectivity index (χ1v) is 8.50. The van der Waals surface area contributed by atoms with E-state index in [4.69, 9.17) is 4.74 Å². The molecule has 0 aromatic heterocycles. The predicted molar refractivity (Wildman–Crippen MR) is 89.9 cm³/mol. The second kappa shape index (κ2) is 5.41. The zero-order chi connectivity index (χ0) is 16.0. The van der Waals surface area contributed by atoms with Crippen LogP contribution in [0.1, 0.15) is 12.0 Å². The van der Waals surface area contributed by atoms with E-state index in [-0.39, 0.29) is 11.4 Å². The molecule has 2 atom stereocenters. The Morgan fingerprint density at radius 1 is 1.22 bits per heavy atom. The van der Waals surface area contributed by atoms with Gasteiger partial charge in [-0.2, -0.15) is 0 Å². The fourth-order valence-corrected chi connectivity index (χ4v) is 4.18. The first kappa shape index (κ1) is 14.8. The molecule has 5 heteroatoms. The van der Waals surface area contributed by atoms with Crippen molar-refractivity contribution < 1.29 is 9.53 Å². The fourth-order valence-electron chi connectivity index (χ4n) is 4.18. The van der Waals surface area contributed by atoms with Crippen LogP contribution in [0.4, 0.5) is 10.5 Å². The van der Waals surface area contributed by atoms with E-state index in [0.717, 1.165) is 39.4 Å². The second-order valence-electron chi connectivity index (χ2n) is 7.26. The summed E-state index contributed by atoms with van der Waals surface area (Å²) >= 11 is 0. The van der Waals surface area contributed by atoms with Gasteiger partial charge in [0.2, 0.25) is 0 Å². The summed E-state index contributed by atoms with van der Waals surface area (Å²) in [6.45, 7) is 5.34. The molecule has 0 bridgehead atoms. The molecule has 2 saturated heterocycles. The van der Waals surface area contributed by atoms with Gasteiger partial charge in [0, 0.05) is 51.4 Å². The highest BCUT2D eigenvalue weighted by Gasteiger charge is 2.61. The molecular formula is C18H25N3O2. The molecule has 2 unspecified atom stereocenters. The molecule has 1 saturated carbocycles. The largest absolute Gasteiger partial charge is 0.378 e. The number of morpholine rings is 1. The Bertz CT molecular complexity index is 595. The van der Waals surface area contributed by atoms with Crippen LogP contribution in [-0.2, 0) is 10.2 Å². The maximum absolute atomic E-state index is 12.2. The first-order chi connectivity index (χ1) is 11.1. The number of carbonyl (C=O) groups is 1. The summed E-state index contributed by atoms with van der Waals surface area (Å²) in [4.78, 5) is 18.2. The van der Waals surface area contributed by atoms with Crippen LogP contribution in [0.25, 0.3) is 0 Å². The Morgan fingerprint density at radius 3 is 2.57 bits per heavy atom. The Kier molecular flexibility index (Phi) is 3.48. The predicted octanol–water partition coefficient (Wildman–Crippen LogP) is 1.78. The van der Waals surface area contributed by atoms with Crippen LogP contribution in [0, 0.1) is 5.92 Å². The number of ether oxygens (including phenoxy) is 1. The summed E-state index contributed by atoms with van der Waals surface area (Å²) < 4.78 is 5.42. The van der Waals surface area contributed by atoms with Crippen LogP contribution < -0.4 is 4.90 Å². The number of anilines is 1. The van der Waals surface area contributed by atoms with E-state index < -0.39 is 0 Å². The Labute approximate surface area is 137 Å². The standard InChI is InChI=1S/C18H25N3O2/c1-19(2)17(22)21-12-15-11-18(15,13-21)14-3-5-16(6-4-14)20-7-9-23-10-8-20/h3-6,15H,7-13H2,1-2H3. The monoisotopic (exact) mass is 315 g/mol. The smallest absolute Gasteiger partial charge is 0.319 e. The average Bonchev–Trinajstić information content (AvgIpc) is 3.16. The number of benzene rings is 1. The van der Waals surface area contributed by atoms with Gasteiger partial charge in [-0.3, -0.25) is 0 Å². The van der Waals surface area contributed by atoms with Crippen LogP contribution in [0.5, 0.6) is 0 Å². The van der Waals surface area contributed by atoms with Gasteiger partial charge in [-0.25, -0.2) is 4.79 Å². The van der Waals surface area contributed by atoms with Crippen molar-refractivity contribution in [2.24, 2.45) is 5.92 Å². The third-order valence-corrected chi connectivity index (χ3v) is 5.62. The van der Waals surface area contributed by atoms with E-state index in [1.165, 1.54) is 17.7 Å². The number of likely N-dealkylation sites (tertiary alicyclic amines) is 1. The minimum Gasteiger partial charge on any atom is -0.378 e. The molecule has 0 N–H and O–H groups in total. The van der Waals surface area contributed by atoms with Crippen molar-refractivity contribution in [2.45, 2.75) is 11.8 Å². The van der Waals surface area contributed by atoms with E-state index >= 15 is 0 Å². The van der Waals surface area contributed by atoms with Crippen LogP contribution >= 0.6 is 0 Å². The lowest BCUT2D eigenvalue weighted by molar-refractivity contribution is 0.122. The highest BCUT2D eigenvalue weighted by atomic mass is 16.5. The number of amides is 2. The molecule has 0 radical (unpaired) electrons. The molecule has 0 spiro atoms. The number of hydrogen-bond donors (Lipinski definition) is 0. The lowest BCUT2D eigenvalue weighted by Gasteiger charge is -2.29. The van der Waals surface area contributed by atoms with Crippen molar-refractivity contribution in [2.75, 3.05) is 58.4 Å². The minimum absolute atomic E-state index is 0.140. The third-order valence-electron chi connectivity index (χ3n) is 5.62. The van der Waals surface area contributed by atoms with Crippen LogP contribution in [0.2, 0.25) is 0 Å². The number of piperidine rings is 1. The van der Waals surface area contributed by atoms with Crippen LogP contribution in [0.3, 0.4) is 0 Å². The molecule has 5 nitrogen and oxygen atoms in total. The number of fused-ring (bicyclic) bond motifs is 1. The number of hydrogen-bond acceptors (Lipinski definition) is 3.